The summed E-state index contributed by atoms with van der Waals surface area (Å²) in [6.45, 7) is 3.61. The Kier molecular flexibility index (Phi) is 5.08. The van der Waals surface area contributed by atoms with E-state index in [-0.39, 0.29) is 30.1 Å². The number of hydrogen-bond acceptors (Lipinski definition) is 5. The van der Waals surface area contributed by atoms with Gasteiger partial charge in [0.1, 0.15) is 5.82 Å². The van der Waals surface area contributed by atoms with Crippen LogP contribution in [0.1, 0.15) is 35.2 Å². The van der Waals surface area contributed by atoms with Gasteiger partial charge < -0.3 is 15.5 Å². The molecule has 0 unspecified atom stereocenters. The molecule has 2 aliphatic rings. The highest BCUT2D eigenvalue weighted by molar-refractivity contribution is 6.02. The van der Waals surface area contributed by atoms with Crippen LogP contribution < -0.4 is 5.73 Å². The van der Waals surface area contributed by atoms with Gasteiger partial charge in [-0.1, -0.05) is 17.7 Å². The first-order valence-corrected chi connectivity index (χ1v) is 9.94. The van der Waals surface area contributed by atoms with Gasteiger partial charge in [-0.2, -0.15) is 5.10 Å². The van der Waals surface area contributed by atoms with Crippen LogP contribution >= 0.6 is 0 Å². The lowest BCUT2D eigenvalue weighted by molar-refractivity contribution is -0.137. The molecule has 0 spiro atoms. The van der Waals surface area contributed by atoms with Crippen LogP contribution in [-0.2, 0) is 9.59 Å². The lowest BCUT2D eigenvalue weighted by atomic mass is 9.98. The third-order valence-corrected chi connectivity index (χ3v) is 5.76. The quantitative estimate of drug-likeness (QED) is 0.772. The summed E-state index contributed by atoms with van der Waals surface area (Å²) >= 11 is 0. The highest BCUT2D eigenvalue weighted by Crippen LogP contribution is 2.26. The number of hydrogen-bond donors (Lipinski definition) is 1. The third kappa shape index (κ3) is 3.74. The van der Waals surface area contributed by atoms with Crippen molar-refractivity contribution in [2.24, 2.45) is 5.92 Å². The number of nitrogen functional groups attached to an aromatic ring is 1. The summed E-state index contributed by atoms with van der Waals surface area (Å²) in [6, 6.07) is 7.73. The molecule has 0 bridgehead atoms. The Bertz CT molecular complexity index is 950. The minimum Gasteiger partial charge on any atom is -0.383 e. The Morgan fingerprint density at radius 2 is 1.97 bits per heavy atom. The van der Waals surface area contributed by atoms with Crippen molar-refractivity contribution in [2.45, 2.75) is 26.2 Å². The van der Waals surface area contributed by atoms with Crippen LogP contribution in [0.25, 0.3) is 5.69 Å². The van der Waals surface area contributed by atoms with E-state index in [1.165, 1.54) is 6.20 Å². The van der Waals surface area contributed by atoms with Crippen molar-refractivity contribution in [3.8, 4) is 5.69 Å². The first-order chi connectivity index (χ1) is 13.9. The Labute approximate surface area is 169 Å². The molecular weight excluding hydrogens is 370 g/mol. The average Bonchev–Trinajstić information content (AvgIpc) is 3.43. The molecule has 29 heavy (non-hydrogen) atoms. The van der Waals surface area contributed by atoms with Gasteiger partial charge in [0.05, 0.1) is 24.0 Å². The zero-order valence-electron chi connectivity index (χ0n) is 16.5. The molecule has 0 aliphatic carbocycles. The van der Waals surface area contributed by atoms with E-state index in [2.05, 4.69) is 5.10 Å². The number of ketones is 1. The second-order valence-electron chi connectivity index (χ2n) is 7.80. The SMILES string of the molecule is Cc1ccc(-n2ncc(C(=O)[C@H]3CCN(C(=O)CN4CCCC4=O)C3)c2N)cc1. The predicted octanol–water partition coefficient (Wildman–Crippen LogP) is 1.42. The third-order valence-electron chi connectivity index (χ3n) is 5.76. The Morgan fingerprint density at radius 3 is 2.66 bits per heavy atom. The first kappa shape index (κ1) is 19.2. The van der Waals surface area contributed by atoms with E-state index >= 15 is 0 Å². The van der Waals surface area contributed by atoms with Crippen LogP contribution in [0.5, 0.6) is 0 Å². The maximum Gasteiger partial charge on any atom is 0.242 e. The minimum absolute atomic E-state index is 0.0291. The number of benzene rings is 1. The smallest absolute Gasteiger partial charge is 0.242 e. The highest BCUT2D eigenvalue weighted by atomic mass is 16.2. The van der Waals surface area contributed by atoms with E-state index in [1.54, 1.807) is 14.5 Å². The van der Waals surface area contributed by atoms with Gasteiger partial charge in [-0.3, -0.25) is 14.4 Å². The van der Waals surface area contributed by atoms with Crippen LogP contribution in [0, 0.1) is 12.8 Å². The number of carbonyl (C=O) groups excluding carboxylic acids is 3. The fraction of sp³-hybridized carbons (Fsp3) is 0.429. The molecule has 1 aromatic carbocycles. The van der Waals surface area contributed by atoms with Crippen molar-refractivity contribution in [1.82, 2.24) is 19.6 Å². The standard InChI is InChI=1S/C21H25N5O3/c1-14-4-6-16(7-5-14)26-21(22)17(11-23-26)20(29)15-8-10-25(12-15)19(28)13-24-9-2-3-18(24)27/h4-7,11,15H,2-3,8-10,12-13,22H2,1H3/t15-/m0/s1. The van der Waals surface area contributed by atoms with Gasteiger partial charge >= 0.3 is 0 Å². The minimum atomic E-state index is -0.300. The maximum atomic E-state index is 13.0. The predicted molar refractivity (Wildman–Crippen MR) is 108 cm³/mol. The number of anilines is 1. The Hall–Kier alpha value is -3.16. The number of Topliss-reactive ketones (excluding diaryl/α,β-unsaturated/α-hetero) is 1. The highest BCUT2D eigenvalue weighted by Gasteiger charge is 2.34. The number of rotatable bonds is 5. The van der Waals surface area contributed by atoms with Crippen molar-refractivity contribution in [2.75, 3.05) is 31.9 Å². The largest absolute Gasteiger partial charge is 0.383 e. The fourth-order valence-corrected chi connectivity index (χ4v) is 3.99. The number of nitrogens with two attached hydrogens (primary N) is 1. The van der Waals surface area contributed by atoms with E-state index in [4.69, 9.17) is 5.73 Å². The molecule has 2 aromatic rings. The van der Waals surface area contributed by atoms with Gasteiger partial charge in [0, 0.05) is 32.0 Å². The molecule has 2 fully saturated rings. The van der Waals surface area contributed by atoms with Crippen molar-refractivity contribution < 1.29 is 14.4 Å². The van der Waals surface area contributed by atoms with E-state index in [0.717, 1.165) is 17.7 Å². The summed E-state index contributed by atoms with van der Waals surface area (Å²) in [5.74, 6) is -0.147. The molecule has 1 aromatic heterocycles. The van der Waals surface area contributed by atoms with E-state index in [9.17, 15) is 14.4 Å². The van der Waals surface area contributed by atoms with Crippen molar-refractivity contribution in [3.63, 3.8) is 0 Å². The van der Waals surface area contributed by atoms with Gasteiger partial charge in [-0.15, -0.1) is 0 Å². The second kappa shape index (κ2) is 7.69. The van der Waals surface area contributed by atoms with Crippen LogP contribution in [0.4, 0.5) is 5.82 Å². The summed E-state index contributed by atoms with van der Waals surface area (Å²) in [6.07, 6.45) is 3.41. The van der Waals surface area contributed by atoms with Crippen LogP contribution in [0.15, 0.2) is 30.5 Å². The molecule has 8 heteroatoms. The topological polar surface area (TPSA) is 102 Å². The van der Waals surface area contributed by atoms with E-state index in [1.807, 2.05) is 31.2 Å². The summed E-state index contributed by atoms with van der Waals surface area (Å²) < 4.78 is 1.56. The van der Waals surface area contributed by atoms with Crippen molar-refractivity contribution >= 4 is 23.4 Å². The normalized spacial score (nSPS) is 19.2. The molecule has 8 nitrogen and oxygen atoms in total. The van der Waals surface area contributed by atoms with Crippen LogP contribution in [0.2, 0.25) is 0 Å². The van der Waals surface area contributed by atoms with Crippen LogP contribution in [0.3, 0.4) is 0 Å². The molecule has 3 heterocycles. The lowest BCUT2D eigenvalue weighted by Gasteiger charge is -2.21. The van der Waals surface area contributed by atoms with Gasteiger partial charge in [0.25, 0.3) is 0 Å². The number of aromatic nitrogens is 2. The summed E-state index contributed by atoms with van der Waals surface area (Å²) in [5.41, 5.74) is 8.53. The van der Waals surface area contributed by atoms with Crippen molar-refractivity contribution in [1.29, 1.82) is 0 Å². The molecule has 2 amide bonds. The molecule has 152 valence electrons. The lowest BCUT2D eigenvalue weighted by Crippen LogP contribution is -2.40. The number of nitrogens with zero attached hydrogens (tertiary/aromatic N) is 4. The number of carbonyl (C=O) groups is 3. The van der Waals surface area contributed by atoms with Gasteiger partial charge in [0.2, 0.25) is 11.8 Å². The maximum absolute atomic E-state index is 13.0. The van der Waals surface area contributed by atoms with E-state index in [0.29, 0.717) is 43.9 Å². The Morgan fingerprint density at radius 1 is 1.21 bits per heavy atom. The molecule has 2 aliphatic heterocycles. The van der Waals surface area contributed by atoms with Crippen LogP contribution in [-0.4, -0.2) is 63.4 Å². The average molecular weight is 395 g/mol. The zero-order chi connectivity index (χ0) is 20.5. The van der Waals surface area contributed by atoms with Gasteiger partial charge in [-0.05, 0) is 31.9 Å². The number of amides is 2. The number of aryl methyl sites for hydroxylation is 1. The molecule has 2 N–H and O–H groups in total. The molecule has 0 saturated carbocycles. The summed E-state index contributed by atoms with van der Waals surface area (Å²) in [5, 5.41) is 4.29. The number of likely N-dealkylation sites (tertiary alicyclic amines) is 2. The summed E-state index contributed by atoms with van der Waals surface area (Å²) in [7, 11) is 0. The van der Waals surface area contributed by atoms with E-state index < -0.39 is 0 Å². The zero-order valence-corrected chi connectivity index (χ0v) is 16.5. The Balaban J connectivity index is 1.42. The van der Waals surface area contributed by atoms with Gasteiger partial charge in [0.15, 0.2) is 5.78 Å². The van der Waals surface area contributed by atoms with Crippen molar-refractivity contribution in [3.05, 3.63) is 41.6 Å². The fourth-order valence-electron chi connectivity index (χ4n) is 3.99. The monoisotopic (exact) mass is 395 g/mol. The molecule has 0 radical (unpaired) electrons. The molecule has 2 saturated heterocycles. The first-order valence-electron chi connectivity index (χ1n) is 9.94. The molecular formula is C21H25N5O3. The molecule has 1 atom stereocenters. The second-order valence-corrected chi connectivity index (χ2v) is 7.80. The summed E-state index contributed by atoms with van der Waals surface area (Å²) in [4.78, 5) is 40.5. The van der Waals surface area contributed by atoms with Gasteiger partial charge in [-0.25, -0.2) is 4.68 Å². The molecule has 4 rings (SSSR count).